The summed E-state index contributed by atoms with van der Waals surface area (Å²) >= 11 is 1.80. The quantitative estimate of drug-likeness (QED) is 0.255. The van der Waals surface area contributed by atoms with Crippen LogP contribution in [-0.4, -0.2) is 66.2 Å². The first-order valence-electron chi connectivity index (χ1n) is 10.6. The van der Waals surface area contributed by atoms with Gasteiger partial charge in [-0.15, -0.1) is 35.3 Å². The van der Waals surface area contributed by atoms with E-state index in [1.807, 2.05) is 24.4 Å². The Hall–Kier alpha value is -1.69. The highest BCUT2D eigenvalue weighted by Crippen LogP contribution is 2.26. The van der Waals surface area contributed by atoms with Crippen molar-refractivity contribution in [3.8, 4) is 0 Å². The van der Waals surface area contributed by atoms with Crippen molar-refractivity contribution in [2.75, 3.05) is 45.9 Å². The Kier molecular flexibility index (Phi) is 9.56. The Bertz CT molecular complexity index is 906. The molecule has 3 aromatic rings. The van der Waals surface area contributed by atoms with Gasteiger partial charge in [0.2, 0.25) is 0 Å². The molecule has 168 valence electrons. The van der Waals surface area contributed by atoms with Gasteiger partial charge in [-0.25, -0.2) is 4.98 Å². The average Bonchev–Trinajstić information content (AvgIpc) is 3.44. The number of morpholine rings is 1. The van der Waals surface area contributed by atoms with E-state index in [9.17, 15) is 0 Å². The second-order valence-electron chi connectivity index (χ2n) is 7.27. The monoisotopic (exact) mass is 554 g/mol. The molecule has 2 N–H and O–H groups in total. The summed E-state index contributed by atoms with van der Waals surface area (Å²) in [6, 6.07) is 10.7. The van der Waals surface area contributed by atoms with Crippen LogP contribution >= 0.6 is 35.3 Å². The van der Waals surface area contributed by atoms with Gasteiger partial charge in [0.1, 0.15) is 5.65 Å². The predicted octanol–water partition coefficient (Wildman–Crippen LogP) is 3.18. The Morgan fingerprint density at radius 2 is 2.10 bits per heavy atom. The number of hydrogen-bond donors (Lipinski definition) is 2. The first-order valence-corrected chi connectivity index (χ1v) is 11.5. The zero-order valence-electron chi connectivity index (χ0n) is 17.9. The minimum atomic E-state index is 0. The standard InChI is InChI=1S/C22H30N6OS.HI/c1-2-23-22(24-9-8-18-17-28-10-4-3-7-21(28)26-18)25-16-19(20-6-5-15-30-20)27-11-13-29-14-12-27;/h3-7,10,15,17,19H,2,8-9,11-14,16H2,1H3,(H2,23,24,25);1H. The van der Waals surface area contributed by atoms with Gasteiger partial charge in [-0.1, -0.05) is 12.1 Å². The highest BCUT2D eigenvalue weighted by molar-refractivity contribution is 14.0. The summed E-state index contributed by atoms with van der Waals surface area (Å²) in [5, 5.41) is 8.98. The first kappa shape index (κ1) is 24.0. The molecule has 1 unspecified atom stereocenters. The minimum absolute atomic E-state index is 0. The van der Waals surface area contributed by atoms with Crippen molar-refractivity contribution in [1.29, 1.82) is 0 Å². The summed E-state index contributed by atoms with van der Waals surface area (Å²) in [7, 11) is 0. The molecule has 1 aliphatic rings. The fourth-order valence-electron chi connectivity index (χ4n) is 3.69. The molecule has 0 spiro atoms. The van der Waals surface area contributed by atoms with Gasteiger partial charge in [0.05, 0.1) is 31.5 Å². The third-order valence-corrected chi connectivity index (χ3v) is 6.19. The number of guanidine groups is 1. The highest BCUT2D eigenvalue weighted by Gasteiger charge is 2.23. The van der Waals surface area contributed by atoms with E-state index in [-0.39, 0.29) is 24.0 Å². The Morgan fingerprint density at radius 3 is 2.84 bits per heavy atom. The van der Waals surface area contributed by atoms with Crippen molar-refractivity contribution in [3.05, 3.63) is 58.7 Å². The van der Waals surface area contributed by atoms with Crippen LogP contribution in [-0.2, 0) is 11.2 Å². The molecule has 0 saturated carbocycles. The molecular weight excluding hydrogens is 523 g/mol. The van der Waals surface area contributed by atoms with Crippen molar-refractivity contribution >= 4 is 46.9 Å². The molecule has 1 saturated heterocycles. The van der Waals surface area contributed by atoms with E-state index in [1.54, 1.807) is 11.3 Å². The second kappa shape index (κ2) is 12.4. The number of halogens is 1. The van der Waals surface area contributed by atoms with Gasteiger partial charge in [-0.2, -0.15) is 0 Å². The topological polar surface area (TPSA) is 66.2 Å². The van der Waals surface area contributed by atoms with Crippen LogP contribution in [0.2, 0.25) is 0 Å². The minimum Gasteiger partial charge on any atom is -0.379 e. The van der Waals surface area contributed by atoms with Crippen LogP contribution in [0.25, 0.3) is 5.65 Å². The number of fused-ring (bicyclic) bond motifs is 1. The highest BCUT2D eigenvalue weighted by atomic mass is 127. The number of pyridine rings is 1. The van der Waals surface area contributed by atoms with Crippen LogP contribution in [0, 0.1) is 0 Å². The molecule has 3 aromatic heterocycles. The first-order chi connectivity index (χ1) is 14.8. The molecule has 1 atom stereocenters. The maximum atomic E-state index is 5.54. The summed E-state index contributed by atoms with van der Waals surface area (Å²) in [5.74, 6) is 0.857. The van der Waals surface area contributed by atoms with Gasteiger partial charge in [0.15, 0.2) is 5.96 Å². The second-order valence-corrected chi connectivity index (χ2v) is 8.25. The third-order valence-electron chi connectivity index (χ3n) is 5.21. The number of aliphatic imine (C=N–C) groups is 1. The summed E-state index contributed by atoms with van der Waals surface area (Å²) in [4.78, 5) is 13.4. The maximum absolute atomic E-state index is 5.54. The van der Waals surface area contributed by atoms with Crippen molar-refractivity contribution in [2.45, 2.75) is 19.4 Å². The number of thiophene rings is 1. The molecule has 7 nitrogen and oxygen atoms in total. The predicted molar refractivity (Wildman–Crippen MR) is 138 cm³/mol. The van der Waals surface area contributed by atoms with Gasteiger partial charge in [0, 0.05) is 49.9 Å². The van der Waals surface area contributed by atoms with Crippen LogP contribution < -0.4 is 10.6 Å². The summed E-state index contributed by atoms with van der Waals surface area (Å²) in [6.07, 6.45) is 4.97. The van der Waals surface area contributed by atoms with E-state index in [1.165, 1.54) is 4.88 Å². The van der Waals surface area contributed by atoms with Crippen molar-refractivity contribution < 1.29 is 4.74 Å². The Balaban J connectivity index is 0.00000272. The van der Waals surface area contributed by atoms with Gasteiger partial charge < -0.3 is 19.8 Å². The SMILES string of the molecule is CCNC(=NCC(c1cccs1)N1CCOCC1)NCCc1cn2ccccc2n1.I. The fraction of sp³-hybridized carbons (Fsp3) is 0.455. The molecule has 4 heterocycles. The summed E-state index contributed by atoms with van der Waals surface area (Å²) < 4.78 is 7.60. The molecular formula is C22H31IN6OS. The molecule has 9 heteroatoms. The van der Waals surface area contributed by atoms with E-state index in [0.29, 0.717) is 6.04 Å². The van der Waals surface area contributed by atoms with Crippen LogP contribution in [0.1, 0.15) is 23.5 Å². The number of aromatic nitrogens is 2. The Labute approximate surface area is 204 Å². The van der Waals surface area contributed by atoms with E-state index in [4.69, 9.17) is 9.73 Å². The fourth-order valence-corrected chi connectivity index (χ4v) is 4.54. The van der Waals surface area contributed by atoms with Crippen molar-refractivity contribution in [2.24, 2.45) is 4.99 Å². The van der Waals surface area contributed by atoms with Crippen molar-refractivity contribution in [3.63, 3.8) is 0 Å². The smallest absolute Gasteiger partial charge is 0.191 e. The van der Waals surface area contributed by atoms with Crippen molar-refractivity contribution in [1.82, 2.24) is 24.9 Å². The van der Waals surface area contributed by atoms with Crippen LogP contribution in [0.5, 0.6) is 0 Å². The zero-order chi connectivity index (χ0) is 20.6. The number of nitrogens with one attached hydrogen (secondary N) is 2. The maximum Gasteiger partial charge on any atom is 0.191 e. The lowest BCUT2D eigenvalue weighted by molar-refractivity contribution is 0.0186. The van der Waals surface area contributed by atoms with E-state index >= 15 is 0 Å². The van der Waals surface area contributed by atoms with Gasteiger partial charge in [-0.3, -0.25) is 9.89 Å². The number of rotatable bonds is 8. The average molecular weight is 555 g/mol. The van der Waals surface area contributed by atoms with Gasteiger partial charge in [0.25, 0.3) is 0 Å². The number of hydrogen-bond acceptors (Lipinski definition) is 5. The van der Waals surface area contributed by atoms with Crippen LogP contribution in [0.4, 0.5) is 0 Å². The van der Waals surface area contributed by atoms with E-state index in [2.05, 4.69) is 55.6 Å². The van der Waals surface area contributed by atoms with Gasteiger partial charge >= 0.3 is 0 Å². The van der Waals surface area contributed by atoms with Gasteiger partial charge in [-0.05, 0) is 30.5 Å². The molecule has 0 aromatic carbocycles. The number of imidazole rings is 1. The summed E-state index contributed by atoms with van der Waals surface area (Å²) in [6.45, 7) is 7.94. The molecule has 1 fully saturated rings. The van der Waals surface area contributed by atoms with E-state index < -0.39 is 0 Å². The third kappa shape index (κ3) is 6.64. The number of nitrogens with zero attached hydrogens (tertiary/aromatic N) is 4. The molecule has 31 heavy (non-hydrogen) atoms. The lowest BCUT2D eigenvalue weighted by atomic mass is 10.2. The molecule has 0 amide bonds. The largest absolute Gasteiger partial charge is 0.379 e. The number of ether oxygens (including phenoxy) is 1. The lowest BCUT2D eigenvalue weighted by Gasteiger charge is -2.33. The van der Waals surface area contributed by atoms with Crippen LogP contribution in [0.3, 0.4) is 0 Å². The molecule has 4 rings (SSSR count). The lowest BCUT2D eigenvalue weighted by Crippen LogP contribution is -2.42. The summed E-state index contributed by atoms with van der Waals surface area (Å²) in [5.41, 5.74) is 2.06. The molecule has 1 aliphatic heterocycles. The van der Waals surface area contributed by atoms with Crippen LogP contribution in [0.15, 0.2) is 53.1 Å². The molecule has 0 bridgehead atoms. The molecule has 0 aliphatic carbocycles. The molecule has 0 radical (unpaired) electrons. The zero-order valence-corrected chi connectivity index (χ0v) is 21.0. The normalized spacial score (nSPS) is 16.1. The van der Waals surface area contributed by atoms with E-state index in [0.717, 1.165) is 69.7 Å². The Morgan fingerprint density at radius 1 is 1.23 bits per heavy atom.